The normalized spacial score (nSPS) is 13.3. The van der Waals surface area contributed by atoms with Crippen molar-refractivity contribution in [2.75, 3.05) is 13.7 Å². The molecule has 4 nitrogen and oxygen atoms in total. The summed E-state index contributed by atoms with van der Waals surface area (Å²) in [4.78, 5) is 2.34. The van der Waals surface area contributed by atoms with E-state index < -0.39 is 10.0 Å². The molecule has 0 saturated carbocycles. The number of benzene rings is 1. The third kappa shape index (κ3) is 3.88. The first-order chi connectivity index (χ1) is 10.3. The first-order valence-electron chi connectivity index (χ1n) is 6.69. The molecule has 2 aromatic rings. The van der Waals surface area contributed by atoms with Crippen LogP contribution in [0.25, 0.3) is 0 Å². The van der Waals surface area contributed by atoms with Crippen LogP contribution in [0.2, 0.25) is 5.02 Å². The molecule has 0 aliphatic carbocycles. The van der Waals surface area contributed by atoms with E-state index in [4.69, 9.17) is 16.3 Å². The van der Waals surface area contributed by atoms with Gasteiger partial charge in [-0.2, -0.15) is 0 Å². The zero-order valence-electron chi connectivity index (χ0n) is 12.6. The lowest BCUT2D eigenvalue weighted by Crippen LogP contribution is -2.29. The molecule has 1 aromatic carbocycles. The standard InChI is InChI=1S/C15H18ClNO3S2/c1-10-7-8-14(21-10)13(20-3)9-17-22(18,19)15-6-4-5-12(16)11(15)2/h4-8,13,17H,9H2,1-3H3. The molecule has 1 atom stereocenters. The topological polar surface area (TPSA) is 55.4 Å². The van der Waals surface area contributed by atoms with Gasteiger partial charge in [0.2, 0.25) is 10.0 Å². The Bertz CT molecular complexity index is 756. The van der Waals surface area contributed by atoms with Crippen LogP contribution in [0, 0.1) is 13.8 Å². The molecule has 1 heterocycles. The van der Waals surface area contributed by atoms with Gasteiger partial charge in [-0.1, -0.05) is 17.7 Å². The number of rotatable bonds is 6. The Hall–Kier alpha value is -0.920. The van der Waals surface area contributed by atoms with Gasteiger partial charge in [-0.3, -0.25) is 0 Å². The van der Waals surface area contributed by atoms with Crippen LogP contribution < -0.4 is 4.72 Å². The predicted molar refractivity (Wildman–Crippen MR) is 90.2 cm³/mol. The Labute approximate surface area is 140 Å². The predicted octanol–water partition coefficient (Wildman–Crippen LogP) is 3.68. The van der Waals surface area contributed by atoms with Crippen molar-refractivity contribution in [2.24, 2.45) is 0 Å². The van der Waals surface area contributed by atoms with Crippen LogP contribution in [0.15, 0.2) is 35.2 Å². The quantitative estimate of drug-likeness (QED) is 0.855. The maximum Gasteiger partial charge on any atom is 0.240 e. The molecular weight excluding hydrogens is 342 g/mol. The van der Waals surface area contributed by atoms with E-state index in [-0.39, 0.29) is 17.5 Å². The van der Waals surface area contributed by atoms with Crippen molar-refractivity contribution in [3.05, 3.63) is 50.7 Å². The summed E-state index contributed by atoms with van der Waals surface area (Å²) in [7, 11) is -2.06. The van der Waals surface area contributed by atoms with Gasteiger partial charge in [0.05, 0.1) is 4.90 Å². The Kier molecular flexibility index (Phi) is 5.63. The number of hydrogen-bond acceptors (Lipinski definition) is 4. The average Bonchev–Trinajstić information content (AvgIpc) is 2.89. The van der Waals surface area contributed by atoms with E-state index in [1.807, 2.05) is 19.1 Å². The third-order valence-corrected chi connectivity index (χ3v) is 6.40. The van der Waals surface area contributed by atoms with Crippen molar-refractivity contribution >= 4 is 33.0 Å². The molecule has 0 spiro atoms. The van der Waals surface area contributed by atoms with Crippen LogP contribution in [0.1, 0.15) is 21.4 Å². The second kappa shape index (κ2) is 7.10. The highest BCUT2D eigenvalue weighted by atomic mass is 35.5. The van der Waals surface area contributed by atoms with Crippen LogP contribution in [-0.2, 0) is 14.8 Å². The molecule has 1 unspecified atom stereocenters. The van der Waals surface area contributed by atoms with Crippen molar-refractivity contribution < 1.29 is 13.2 Å². The van der Waals surface area contributed by atoms with Crippen LogP contribution in [-0.4, -0.2) is 22.1 Å². The van der Waals surface area contributed by atoms with E-state index in [2.05, 4.69) is 4.72 Å². The lowest BCUT2D eigenvalue weighted by atomic mass is 10.2. The highest BCUT2D eigenvalue weighted by Gasteiger charge is 2.21. The molecule has 0 fully saturated rings. The van der Waals surface area contributed by atoms with Crippen molar-refractivity contribution in [3.63, 3.8) is 0 Å². The maximum absolute atomic E-state index is 12.4. The summed E-state index contributed by atoms with van der Waals surface area (Å²) in [5.41, 5.74) is 0.539. The van der Waals surface area contributed by atoms with E-state index in [0.29, 0.717) is 10.6 Å². The molecular formula is C15H18ClNO3S2. The summed E-state index contributed by atoms with van der Waals surface area (Å²) in [5.74, 6) is 0. The SMILES string of the molecule is COC(CNS(=O)(=O)c1cccc(Cl)c1C)c1ccc(C)s1. The van der Waals surface area contributed by atoms with Gasteiger partial charge in [-0.15, -0.1) is 11.3 Å². The molecule has 0 radical (unpaired) electrons. The Morgan fingerprint density at radius 1 is 1.27 bits per heavy atom. The minimum atomic E-state index is -3.63. The molecule has 0 aliphatic rings. The molecule has 120 valence electrons. The van der Waals surface area contributed by atoms with E-state index in [0.717, 1.165) is 9.75 Å². The third-order valence-electron chi connectivity index (χ3n) is 3.33. The number of hydrogen-bond donors (Lipinski definition) is 1. The lowest BCUT2D eigenvalue weighted by Gasteiger charge is -2.16. The van der Waals surface area contributed by atoms with Crippen molar-refractivity contribution in [3.8, 4) is 0 Å². The molecule has 0 saturated heterocycles. The number of sulfonamides is 1. The van der Waals surface area contributed by atoms with Gasteiger partial charge in [-0.25, -0.2) is 13.1 Å². The fraction of sp³-hybridized carbons (Fsp3) is 0.333. The summed E-state index contributed by atoms with van der Waals surface area (Å²) < 4.78 is 32.9. The summed E-state index contributed by atoms with van der Waals surface area (Å²) in [6.07, 6.45) is -0.312. The number of methoxy groups -OCH3 is 1. The van der Waals surface area contributed by atoms with Gasteiger partial charge in [0.1, 0.15) is 6.10 Å². The number of aryl methyl sites for hydroxylation is 1. The molecule has 1 aromatic heterocycles. The fourth-order valence-corrected chi connectivity index (χ4v) is 4.55. The summed E-state index contributed by atoms with van der Waals surface area (Å²) in [6.45, 7) is 3.86. The van der Waals surface area contributed by atoms with E-state index in [9.17, 15) is 8.42 Å². The molecule has 7 heteroatoms. The second-order valence-electron chi connectivity index (χ2n) is 4.89. The zero-order valence-corrected chi connectivity index (χ0v) is 15.0. The Morgan fingerprint density at radius 2 is 2.00 bits per heavy atom. The molecule has 0 aliphatic heterocycles. The van der Waals surface area contributed by atoms with Gasteiger partial charge in [0, 0.05) is 28.4 Å². The first kappa shape index (κ1) is 17.4. The number of thiophene rings is 1. The molecule has 0 bridgehead atoms. The Balaban J connectivity index is 2.17. The van der Waals surface area contributed by atoms with Crippen LogP contribution in [0.3, 0.4) is 0 Å². The van der Waals surface area contributed by atoms with Crippen molar-refractivity contribution in [1.82, 2.24) is 4.72 Å². The first-order valence-corrected chi connectivity index (χ1v) is 9.37. The van der Waals surface area contributed by atoms with E-state index >= 15 is 0 Å². The van der Waals surface area contributed by atoms with Crippen LogP contribution in [0.4, 0.5) is 0 Å². The smallest absolute Gasteiger partial charge is 0.240 e. The Morgan fingerprint density at radius 3 is 2.59 bits per heavy atom. The summed E-state index contributed by atoms with van der Waals surface area (Å²) in [5, 5.41) is 0.431. The molecule has 0 amide bonds. The number of halogens is 1. The summed E-state index contributed by atoms with van der Waals surface area (Å²) >= 11 is 7.58. The lowest BCUT2D eigenvalue weighted by molar-refractivity contribution is 0.110. The highest BCUT2D eigenvalue weighted by molar-refractivity contribution is 7.89. The largest absolute Gasteiger partial charge is 0.375 e. The van der Waals surface area contributed by atoms with Gasteiger partial charge in [-0.05, 0) is 43.7 Å². The van der Waals surface area contributed by atoms with Crippen molar-refractivity contribution in [1.29, 1.82) is 0 Å². The van der Waals surface area contributed by atoms with Gasteiger partial charge >= 0.3 is 0 Å². The van der Waals surface area contributed by atoms with Crippen LogP contribution >= 0.6 is 22.9 Å². The van der Waals surface area contributed by atoms with Crippen LogP contribution in [0.5, 0.6) is 0 Å². The molecule has 22 heavy (non-hydrogen) atoms. The minimum absolute atomic E-state index is 0.171. The molecule has 2 rings (SSSR count). The monoisotopic (exact) mass is 359 g/mol. The zero-order chi connectivity index (χ0) is 16.3. The van der Waals surface area contributed by atoms with Gasteiger partial charge in [0.15, 0.2) is 0 Å². The molecule has 1 N–H and O–H groups in total. The minimum Gasteiger partial charge on any atom is -0.375 e. The van der Waals surface area contributed by atoms with Gasteiger partial charge < -0.3 is 4.74 Å². The van der Waals surface area contributed by atoms with Gasteiger partial charge in [0.25, 0.3) is 0 Å². The maximum atomic E-state index is 12.4. The number of ether oxygens (including phenoxy) is 1. The van der Waals surface area contributed by atoms with E-state index in [1.54, 1.807) is 43.6 Å². The van der Waals surface area contributed by atoms with E-state index in [1.165, 1.54) is 0 Å². The highest BCUT2D eigenvalue weighted by Crippen LogP contribution is 2.26. The second-order valence-corrected chi connectivity index (χ2v) is 8.35. The summed E-state index contributed by atoms with van der Waals surface area (Å²) in [6, 6.07) is 8.78. The fourth-order valence-electron chi connectivity index (χ4n) is 2.07. The van der Waals surface area contributed by atoms with Crippen molar-refractivity contribution in [2.45, 2.75) is 24.8 Å². The average molecular weight is 360 g/mol. The number of nitrogens with one attached hydrogen (secondary N) is 1.